The Hall–Kier alpha value is -1.35. The molecule has 0 bridgehead atoms. The lowest BCUT2D eigenvalue weighted by molar-refractivity contribution is -0.120. The smallest absolute Gasteiger partial charge is 0.234 e. The monoisotopic (exact) mass is 262 g/mol. The van der Waals surface area contributed by atoms with E-state index < -0.39 is 0 Å². The minimum atomic E-state index is 0.0849. The molecule has 0 aliphatic carbocycles. The van der Waals surface area contributed by atoms with Crippen molar-refractivity contribution in [2.24, 2.45) is 0 Å². The molecule has 0 saturated heterocycles. The van der Waals surface area contributed by atoms with Gasteiger partial charge in [-0.15, -0.1) is 0 Å². The zero-order valence-corrected chi connectivity index (χ0v) is 12.3. The van der Waals surface area contributed by atoms with E-state index in [2.05, 4.69) is 48.7 Å². The second-order valence-corrected chi connectivity index (χ2v) is 5.15. The van der Waals surface area contributed by atoms with Crippen LogP contribution in [0.25, 0.3) is 0 Å². The molecule has 2 unspecified atom stereocenters. The van der Waals surface area contributed by atoms with E-state index in [9.17, 15) is 4.79 Å². The summed E-state index contributed by atoms with van der Waals surface area (Å²) in [6.45, 7) is 7.58. The molecule has 1 aromatic carbocycles. The average molecular weight is 262 g/mol. The van der Waals surface area contributed by atoms with Crippen molar-refractivity contribution in [2.75, 3.05) is 13.1 Å². The Morgan fingerprint density at radius 3 is 2.53 bits per heavy atom. The van der Waals surface area contributed by atoms with Gasteiger partial charge in [0, 0.05) is 6.04 Å². The summed E-state index contributed by atoms with van der Waals surface area (Å²) in [5, 5.41) is 6.15. The molecular formula is C16H26N2O. The van der Waals surface area contributed by atoms with Crippen LogP contribution in [0.5, 0.6) is 0 Å². The zero-order valence-electron chi connectivity index (χ0n) is 12.3. The van der Waals surface area contributed by atoms with E-state index in [0.29, 0.717) is 12.5 Å². The van der Waals surface area contributed by atoms with Crippen LogP contribution in [-0.2, 0) is 4.79 Å². The number of carbonyl (C=O) groups is 1. The fourth-order valence-corrected chi connectivity index (χ4v) is 1.90. The van der Waals surface area contributed by atoms with Gasteiger partial charge in [0.2, 0.25) is 5.91 Å². The summed E-state index contributed by atoms with van der Waals surface area (Å²) < 4.78 is 0. The SMILES string of the molecule is CCC(C)NC(=O)CNCCC(C)c1ccccc1. The fourth-order valence-electron chi connectivity index (χ4n) is 1.90. The Kier molecular flexibility index (Phi) is 7.19. The lowest BCUT2D eigenvalue weighted by atomic mass is 9.98. The Balaban J connectivity index is 2.15. The van der Waals surface area contributed by atoms with Crippen LogP contribution < -0.4 is 10.6 Å². The van der Waals surface area contributed by atoms with Gasteiger partial charge in [0.05, 0.1) is 6.54 Å². The van der Waals surface area contributed by atoms with E-state index >= 15 is 0 Å². The Bertz CT molecular complexity index is 364. The molecule has 0 radical (unpaired) electrons. The van der Waals surface area contributed by atoms with Gasteiger partial charge in [-0.25, -0.2) is 0 Å². The summed E-state index contributed by atoms with van der Waals surface area (Å²) in [5.74, 6) is 0.605. The van der Waals surface area contributed by atoms with Crippen LogP contribution in [0.1, 0.15) is 45.1 Å². The summed E-state index contributed by atoms with van der Waals surface area (Å²) in [6.07, 6.45) is 2.01. The van der Waals surface area contributed by atoms with Gasteiger partial charge in [-0.05, 0) is 37.8 Å². The summed E-state index contributed by atoms with van der Waals surface area (Å²) in [7, 11) is 0. The second-order valence-electron chi connectivity index (χ2n) is 5.15. The number of hydrogen-bond donors (Lipinski definition) is 2. The maximum atomic E-state index is 11.6. The molecule has 0 spiro atoms. The van der Waals surface area contributed by atoms with Gasteiger partial charge in [0.25, 0.3) is 0 Å². The van der Waals surface area contributed by atoms with E-state index in [-0.39, 0.29) is 11.9 Å². The summed E-state index contributed by atoms with van der Waals surface area (Å²) >= 11 is 0. The first kappa shape index (κ1) is 15.7. The molecule has 2 atom stereocenters. The van der Waals surface area contributed by atoms with Crippen LogP contribution in [0.2, 0.25) is 0 Å². The van der Waals surface area contributed by atoms with Crippen molar-refractivity contribution in [1.82, 2.24) is 10.6 Å². The molecule has 3 heteroatoms. The van der Waals surface area contributed by atoms with Gasteiger partial charge in [-0.1, -0.05) is 44.2 Å². The van der Waals surface area contributed by atoms with E-state index in [0.717, 1.165) is 19.4 Å². The van der Waals surface area contributed by atoms with E-state index in [1.165, 1.54) is 5.56 Å². The maximum Gasteiger partial charge on any atom is 0.234 e. The Labute approximate surface area is 116 Å². The van der Waals surface area contributed by atoms with Crippen molar-refractivity contribution >= 4 is 5.91 Å². The first-order chi connectivity index (χ1) is 9.13. The zero-order chi connectivity index (χ0) is 14.1. The van der Waals surface area contributed by atoms with Crippen molar-refractivity contribution in [3.8, 4) is 0 Å². The van der Waals surface area contributed by atoms with Crippen molar-refractivity contribution in [3.05, 3.63) is 35.9 Å². The van der Waals surface area contributed by atoms with E-state index in [1.807, 2.05) is 13.0 Å². The first-order valence-electron chi connectivity index (χ1n) is 7.18. The molecule has 0 fully saturated rings. The van der Waals surface area contributed by atoms with Crippen molar-refractivity contribution < 1.29 is 4.79 Å². The topological polar surface area (TPSA) is 41.1 Å². The summed E-state index contributed by atoms with van der Waals surface area (Å²) in [5.41, 5.74) is 1.35. The minimum Gasteiger partial charge on any atom is -0.353 e. The van der Waals surface area contributed by atoms with E-state index in [4.69, 9.17) is 0 Å². The Morgan fingerprint density at radius 2 is 1.89 bits per heavy atom. The molecule has 0 aromatic heterocycles. The van der Waals surface area contributed by atoms with Gasteiger partial charge in [-0.2, -0.15) is 0 Å². The third kappa shape index (κ3) is 6.39. The molecule has 0 aliphatic rings. The van der Waals surface area contributed by atoms with Crippen LogP contribution in [0, 0.1) is 0 Å². The number of nitrogens with one attached hydrogen (secondary N) is 2. The third-order valence-corrected chi connectivity index (χ3v) is 3.43. The predicted molar refractivity (Wildman–Crippen MR) is 80.2 cm³/mol. The van der Waals surface area contributed by atoms with Crippen LogP contribution in [0.3, 0.4) is 0 Å². The number of carbonyl (C=O) groups excluding carboxylic acids is 1. The normalized spacial score (nSPS) is 13.8. The molecule has 0 saturated carbocycles. The number of amides is 1. The molecule has 19 heavy (non-hydrogen) atoms. The highest BCUT2D eigenvalue weighted by molar-refractivity contribution is 5.78. The quantitative estimate of drug-likeness (QED) is 0.707. The average Bonchev–Trinajstić information content (AvgIpc) is 2.44. The van der Waals surface area contributed by atoms with Crippen LogP contribution >= 0.6 is 0 Å². The van der Waals surface area contributed by atoms with Gasteiger partial charge in [-0.3, -0.25) is 4.79 Å². The first-order valence-corrected chi connectivity index (χ1v) is 7.18. The fraction of sp³-hybridized carbons (Fsp3) is 0.562. The second kappa shape index (κ2) is 8.70. The number of rotatable bonds is 8. The van der Waals surface area contributed by atoms with E-state index in [1.54, 1.807) is 0 Å². The third-order valence-electron chi connectivity index (χ3n) is 3.43. The van der Waals surface area contributed by atoms with Gasteiger partial charge < -0.3 is 10.6 Å². The van der Waals surface area contributed by atoms with Crippen molar-refractivity contribution in [2.45, 2.75) is 45.6 Å². The summed E-state index contributed by atoms with van der Waals surface area (Å²) in [6, 6.07) is 10.7. The highest BCUT2D eigenvalue weighted by Gasteiger charge is 2.06. The number of benzene rings is 1. The van der Waals surface area contributed by atoms with Crippen LogP contribution in [0.15, 0.2) is 30.3 Å². The molecule has 3 nitrogen and oxygen atoms in total. The molecule has 2 N–H and O–H groups in total. The minimum absolute atomic E-state index is 0.0849. The van der Waals surface area contributed by atoms with Crippen molar-refractivity contribution in [3.63, 3.8) is 0 Å². The molecule has 0 heterocycles. The van der Waals surface area contributed by atoms with Gasteiger partial charge in [0.15, 0.2) is 0 Å². The highest BCUT2D eigenvalue weighted by Crippen LogP contribution is 2.17. The standard InChI is InChI=1S/C16H26N2O/c1-4-14(3)18-16(19)12-17-11-10-13(2)15-8-6-5-7-9-15/h5-9,13-14,17H,4,10-12H2,1-3H3,(H,18,19). The molecule has 1 aromatic rings. The van der Waals surface area contributed by atoms with Crippen LogP contribution in [-0.4, -0.2) is 25.0 Å². The molecule has 106 valence electrons. The van der Waals surface area contributed by atoms with Gasteiger partial charge in [0.1, 0.15) is 0 Å². The molecular weight excluding hydrogens is 236 g/mol. The Morgan fingerprint density at radius 1 is 1.21 bits per heavy atom. The highest BCUT2D eigenvalue weighted by atomic mass is 16.1. The summed E-state index contributed by atoms with van der Waals surface area (Å²) in [4.78, 5) is 11.6. The van der Waals surface area contributed by atoms with Gasteiger partial charge >= 0.3 is 0 Å². The molecule has 1 amide bonds. The van der Waals surface area contributed by atoms with Crippen molar-refractivity contribution in [1.29, 1.82) is 0 Å². The maximum absolute atomic E-state index is 11.6. The number of hydrogen-bond acceptors (Lipinski definition) is 2. The lowest BCUT2D eigenvalue weighted by Crippen LogP contribution is -2.39. The molecule has 0 aliphatic heterocycles. The lowest BCUT2D eigenvalue weighted by Gasteiger charge is -2.14. The largest absolute Gasteiger partial charge is 0.353 e. The molecule has 1 rings (SSSR count). The predicted octanol–water partition coefficient (Wildman–Crippen LogP) is 2.68. The van der Waals surface area contributed by atoms with Crippen LogP contribution in [0.4, 0.5) is 0 Å².